The first-order chi connectivity index (χ1) is 10.1. The maximum atomic E-state index is 11.8. The summed E-state index contributed by atoms with van der Waals surface area (Å²) in [6.45, 7) is 3.39. The van der Waals surface area contributed by atoms with Crippen molar-refractivity contribution in [3.63, 3.8) is 0 Å². The quantitative estimate of drug-likeness (QED) is 0.842. The van der Waals surface area contributed by atoms with E-state index < -0.39 is 0 Å². The molecule has 0 spiro atoms. The van der Waals surface area contributed by atoms with E-state index in [9.17, 15) is 4.79 Å². The minimum absolute atomic E-state index is 0.0564. The third kappa shape index (κ3) is 5.35. The normalized spacial score (nSPS) is 10.8. The highest BCUT2D eigenvalue weighted by molar-refractivity contribution is 5.89. The van der Waals surface area contributed by atoms with E-state index >= 15 is 0 Å². The van der Waals surface area contributed by atoms with E-state index in [1.807, 2.05) is 19.2 Å². The molecule has 112 valence electrons. The molecular formula is C15H20N4O2. The number of hydrogen-bond acceptors (Lipinski definition) is 5. The summed E-state index contributed by atoms with van der Waals surface area (Å²) in [5.41, 5.74) is 1.25. The molecule has 0 unspecified atom stereocenters. The number of pyridine rings is 1. The van der Waals surface area contributed by atoms with Gasteiger partial charge in [-0.2, -0.15) is 0 Å². The lowest BCUT2D eigenvalue weighted by atomic mass is 10.2. The molecule has 1 amide bonds. The number of aromatic nitrogens is 2. The fourth-order valence-corrected chi connectivity index (χ4v) is 1.90. The molecule has 0 bridgehead atoms. The molecule has 2 rings (SSSR count). The standard InChI is InChI=1S/C15H20N4O2/c1-12-11-14(18-21-12)17-15(20)6-10-19(2)9-5-13-3-7-16-8-4-13/h3-4,7-8,11H,5-6,9-10H2,1-2H3,(H,17,18,20). The van der Waals surface area contributed by atoms with Gasteiger partial charge in [0.1, 0.15) is 5.76 Å². The van der Waals surface area contributed by atoms with Crippen LogP contribution in [0.3, 0.4) is 0 Å². The molecule has 0 saturated heterocycles. The largest absolute Gasteiger partial charge is 0.360 e. The van der Waals surface area contributed by atoms with Gasteiger partial charge in [-0.15, -0.1) is 0 Å². The van der Waals surface area contributed by atoms with Crippen LogP contribution in [0.15, 0.2) is 35.1 Å². The Labute approximate surface area is 124 Å². The Balaban J connectivity index is 1.66. The molecule has 2 aromatic heterocycles. The van der Waals surface area contributed by atoms with Crippen molar-refractivity contribution in [1.29, 1.82) is 0 Å². The number of likely N-dealkylation sites (N-methyl/N-ethyl adjacent to an activating group) is 1. The van der Waals surface area contributed by atoms with Crippen LogP contribution < -0.4 is 5.32 Å². The summed E-state index contributed by atoms with van der Waals surface area (Å²) in [4.78, 5) is 17.9. The van der Waals surface area contributed by atoms with Crippen LogP contribution in [0.5, 0.6) is 0 Å². The Morgan fingerprint density at radius 3 is 2.76 bits per heavy atom. The Kier molecular flexibility index (Phi) is 5.45. The van der Waals surface area contributed by atoms with Crippen LogP contribution in [-0.4, -0.2) is 41.1 Å². The number of carbonyl (C=O) groups excluding carboxylic acids is 1. The topological polar surface area (TPSA) is 71.3 Å². The lowest BCUT2D eigenvalue weighted by Crippen LogP contribution is -2.26. The van der Waals surface area contributed by atoms with Gasteiger partial charge in [0.2, 0.25) is 5.91 Å². The van der Waals surface area contributed by atoms with Crippen LogP contribution in [-0.2, 0) is 11.2 Å². The smallest absolute Gasteiger partial charge is 0.226 e. The van der Waals surface area contributed by atoms with Crippen LogP contribution in [0.25, 0.3) is 0 Å². The minimum atomic E-state index is -0.0564. The molecule has 6 nitrogen and oxygen atoms in total. The first-order valence-corrected chi connectivity index (χ1v) is 6.94. The maximum Gasteiger partial charge on any atom is 0.226 e. The first-order valence-electron chi connectivity index (χ1n) is 6.94. The van der Waals surface area contributed by atoms with Crippen LogP contribution in [0.4, 0.5) is 5.82 Å². The van der Waals surface area contributed by atoms with Crippen molar-refractivity contribution in [2.75, 3.05) is 25.5 Å². The van der Waals surface area contributed by atoms with Gasteiger partial charge >= 0.3 is 0 Å². The molecule has 6 heteroatoms. The van der Waals surface area contributed by atoms with Gasteiger partial charge in [-0.1, -0.05) is 5.16 Å². The van der Waals surface area contributed by atoms with Crippen molar-refractivity contribution >= 4 is 11.7 Å². The highest BCUT2D eigenvalue weighted by Gasteiger charge is 2.07. The average Bonchev–Trinajstić information content (AvgIpc) is 2.89. The zero-order valence-corrected chi connectivity index (χ0v) is 12.4. The van der Waals surface area contributed by atoms with Crippen molar-refractivity contribution in [3.8, 4) is 0 Å². The third-order valence-electron chi connectivity index (χ3n) is 3.15. The van der Waals surface area contributed by atoms with Gasteiger partial charge in [-0.3, -0.25) is 9.78 Å². The Hall–Kier alpha value is -2.21. The van der Waals surface area contributed by atoms with Gasteiger partial charge in [-0.25, -0.2) is 0 Å². The van der Waals surface area contributed by atoms with Gasteiger partial charge < -0.3 is 14.7 Å². The number of aryl methyl sites for hydroxylation is 1. The van der Waals surface area contributed by atoms with E-state index in [1.165, 1.54) is 5.56 Å². The van der Waals surface area contributed by atoms with Crippen LogP contribution in [0.2, 0.25) is 0 Å². The molecule has 0 aliphatic rings. The number of nitrogens with one attached hydrogen (secondary N) is 1. The molecule has 0 aliphatic carbocycles. The number of rotatable bonds is 7. The summed E-state index contributed by atoms with van der Waals surface area (Å²) >= 11 is 0. The summed E-state index contributed by atoms with van der Waals surface area (Å²) in [6, 6.07) is 5.71. The predicted molar refractivity (Wildman–Crippen MR) is 79.9 cm³/mol. The second-order valence-electron chi connectivity index (χ2n) is 5.03. The Bertz CT molecular complexity index is 568. The van der Waals surface area contributed by atoms with Crippen molar-refractivity contribution in [3.05, 3.63) is 41.9 Å². The van der Waals surface area contributed by atoms with E-state index in [2.05, 4.69) is 20.4 Å². The van der Waals surface area contributed by atoms with Crippen LogP contribution in [0, 0.1) is 6.92 Å². The molecule has 21 heavy (non-hydrogen) atoms. The van der Waals surface area contributed by atoms with E-state index in [-0.39, 0.29) is 5.91 Å². The summed E-state index contributed by atoms with van der Waals surface area (Å²) in [6.07, 6.45) is 4.97. The van der Waals surface area contributed by atoms with Crippen molar-refractivity contribution < 1.29 is 9.32 Å². The SMILES string of the molecule is Cc1cc(NC(=O)CCN(C)CCc2ccncc2)no1. The summed E-state index contributed by atoms with van der Waals surface area (Å²) < 4.78 is 4.90. The lowest BCUT2D eigenvalue weighted by molar-refractivity contribution is -0.116. The van der Waals surface area contributed by atoms with E-state index in [0.717, 1.165) is 13.0 Å². The highest BCUT2D eigenvalue weighted by atomic mass is 16.5. The van der Waals surface area contributed by atoms with E-state index in [0.29, 0.717) is 24.5 Å². The lowest BCUT2D eigenvalue weighted by Gasteiger charge is -2.15. The van der Waals surface area contributed by atoms with Gasteiger partial charge in [0.15, 0.2) is 5.82 Å². The first kappa shape index (κ1) is 15.2. The second kappa shape index (κ2) is 7.54. The van der Waals surface area contributed by atoms with Gasteiger partial charge in [-0.05, 0) is 38.1 Å². The van der Waals surface area contributed by atoms with E-state index in [4.69, 9.17) is 4.52 Å². The molecule has 1 N–H and O–H groups in total. The highest BCUT2D eigenvalue weighted by Crippen LogP contribution is 2.07. The zero-order valence-electron chi connectivity index (χ0n) is 12.4. The molecule has 0 aromatic carbocycles. The molecule has 0 aliphatic heterocycles. The zero-order chi connectivity index (χ0) is 15.1. The molecule has 0 saturated carbocycles. The van der Waals surface area contributed by atoms with Gasteiger partial charge in [0, 0.05) is 38.0 Å². The predicted octanol–water partition coefficient (Wildman–Crippen LogP) is 1.88. The second-order valence-corrected chi connectivity index (χ2v) is 5.03. The van der Waals surface area contributed by atoms with E-state index in [1.54, 1.807) is 25.4 Å². The summed E-state index contributed by atoms with van der Waals surface area (Å²) in [5, 5.41) is 6.45. The Morgan fingerprint density at radius 1 is 1.33 bits per heavy atom. The van der Waals surface area contributed by atoms with Crippen molar-refractivity contribution in [1.82, 2.24) is 15.0 Å². The van der Waals surface area contributed by atoms with Crippen LogP contribution >= 0.6 is 0 Å². The number of hydrogen-bond donors (Lipinski definition) is 1. The minimum Gasteiger partial charge on any atom is -0.360 e. The van der Waals surface area contributed by atoms with Crippen LogP contribution in [0.1, 0.15) is 17.7 Å². The molecule has 0 fully saturated rings. The number of amides is 1. The maximum absolute atomic E-state index is 11.8. The average molecular weight is 288 g/mol. The van der Waals surface area contributed by atoms with Gasteiger partial charge in [0.05, 0.1) is 0 Å². The number of carbonyl (C=O) groups is 1. The molecular weight excluding hydrogens is 268 g/mol. The number of anilines is 1. The number of nitrogens with zero attached hydrogens (tertiary/aromatic N) is 3. The molecule has 2 heterocycles. The van der Waals surface area contributed by atoms with Crippen molar-refractivity contribution in [2.24, 2.45) is 0 Å². The van der Waals surface area contributed by atoms with Gasteiger partial charge in [0.25, 0.3) is 0 Å². The third-order valence-corrected chi connectivity index (χ3v) is 3.15. The molecule has 0 atom stereocenters. The Morgan fingerprint density at radius 2 is 2.10 bits per heavy atom. The summed E-state index contributed by atoms with van der Waals surface area (Å²) in [5.74, 6) is 1.09. The molecule has 0 radical (unpaired) electrons. The fourth-order valence-electron chi connectivity index (χ4n) is 1.90. The molecule has 2 aromatic rings. The fraction of sp³-hybridized carbons (Fsp3) is 0.400. The monoisotopic (exact) mass is 288 g/mol. The summed E-state index contributed by atoms with van der Waals surface area (Å²) in [7, 11) is 2.01. The van der Waals surface area contributed by atoms with Crippen molar-refractivity contribution in [2.45, 2.75) is 19.8 Å².